The first-order valence-electron chi connectivity index (χ1n) is 18.2. The Morgan fingerprint density at radius 1 is 0.340 bits per heavy atom. The third kappa shape index (κ3) is 4.14. The van der Waals surface area contributed by atoms with E-state index in [2.05, 4.69) is 191 Å². The van der Waals surface area contributed by atoms with Gasteiger partial charge in [0.05, 0.1) is 22.4 Å². The van der Waals surface area contributed by atoms with Gasteiger partial charge in [-0.3, -0.25) is 0 Å². The van der Waals surface area contributed by atoms with E-state index >= 15 is 0 Å². The van der Waals surface area contributed by atoms with Crippen molar-refractivity contribution < 1.29 is 0 Å². The van der Waals surface area contributed by atoms with Gasteiger partial charge in [-0.05, 0) is 87.3 Å². The monoisotopic (exact) mass is 690 g/mol. The van der Waals surface area contributed by atoms with Crippen LogP contribution in [0.3, 0.4) is 0 Å². The topological polar surface area (TPSA) is 8.17 Å². The maximum Gasteiger partial charge on any atom is 0.0547 e. The van der Waals surface area contributed by atoms with Gasteiger partial charge in [-0.25, -0.2) is 0 Å². The highest BCUT2D eigenvalue weighted by Gasteiger charge is 2.27. The number of hydrogen-bond acceptors (Lipinski definition) is 2. The average Bonchev–Trinajstić information content (AvgIpc) is 3.70. The van der Waals surface area contributed by atoms with Gasteiger partial charge in [0.1, 0.15) is 0 Å². The number of anilines is 3. The van der Waals surface area contributed by atoms with Crippen LogP contribution in [0.25, 0.3) is 91.5 Å². The number of hydrogen-bond donors (Lipinski definition) is 0. The van der Waals surface area contributed by atoms with Crippen molar-refractivity contribution in [2.75, 3.05) is 4.90 Å². The smallest absolute Gasteiger partial charge is 0.0547 e. The Morgan fingerprint density at radius 3 is 1.75 bits per heavy atom. The lowest BCUT2D eigenvalue weighted by molar-refractivity contribution is 1.19. The number of thiophene rings is 1. The Morgan fingerprint density at radius 2 is 0.943 bits per heavy atom. The predicted octanol–water partition coefficient (Wildman–Crippen LogP) is 14.6. The molecule has 0 atom stereocenters. The van der Waals surface area contributed by atoms with Gasteiger partial charge in [0, 0.05) is 53.4 Å². The Labute approximate surface area is 310 Å². The lowest BCUT2D eigenvalue weighted by Crippen LogP contribution is -2.10. The molecule has 1 aliphatic rings. The summed E-state index contributed by atoms with van der Waals surface area (Å²) in [5, 5.41) is 10.2. The third-order valence-corrected chi connectivity index (χ3v) is 12.4. The molecule has 11 aromatic rings. The summed E-state index contributed by atoms with van der Waals surface area (Å²) in [7, 11) is 0. The summed E-state index contributed by atoms with van der Waals surface area (Å²) in [6, 6.07) is 67.3. The first-order valence-corrected chi connectivity index (χ1v) is 19.0. The van der Waals surface area contributed by atoms with Crippen molar-refractivity contribution in [1.82, 2.24) is 4.57 Å². The van der Waals surface area contributed by atoms with Gasteiger partial charge in [0.2, 0.25) is 0 Å². The molecule has 3 heterocycles. The van der Waals surface area contributed by atoms with Gasteiger partial charge >= 0.3 is 0 Å². The molecule has 0 saturated heterocycles. The molecule has 2 nitrogen and oxygen atoms in total. The molecular weight excluding hydrogens is 661 g/mol. The average molecular weight is 691 g/mol. The fraction of sp³-hybridized carbons (Fsp3) is 0. The second-order valence-corrected chi connectivity index (χ2v) is 15.2. The molecule has 0 spiro atoms. The van der Waals surface area contributed by atoms with Crippen LogP contribution in [0.5, 0.6) is 0 Å². The number of benzene rings is 9. The van der Waals surface area contributed by atoms with Crippen molar-refractivity contribution in [3.8, 4) is 27.9 Å². The SMILES string of the molecule is c1ccc2c(c1)-c1ccc3ccccc3c1-c1ccccc1N2c1ccc2c(c1)sc1cc(-n3c4ccccc4c4cc5ccccc5cc43)ccc12. The Bertz CT molecular complexity index is 3310. The molecule has 12 rings (SSSR count). The van der Waals surface area contributed by atoms with Crippen LogP contribution in [0.15, 0.2) is 182 Å². The predicted molar refractivity (Wildman–Crippen MR) is 228 cm³/mol. The zero-order chi connectivity index (χ0) is 34.6. The molecule has 0 amide bonds. The van der Waals surface area contributed by atoms with Crippen LogP contribution in [-0.2, 0) is 0 Å². The van der Waals surface area contributed by atoms with Crippen molar-refractivity contribution in [1.29, 1.82) is 0 Å². The highest BCUT2D eigenvalue weighted by molar-refractivity contribution is 7.25. The van der Waals surface area contributed by atoms with E-state index in [0.29, 0.717) is 0 Å². The minimum atomic E-state index is 1.16. The number of nitrogens with zero attached hydrogens (tertiary/aromatic N) is 2. The molecule has 3 heteroatoms. The molecule has 0 fully saturated rings. The van der Waals surface area contributed by atoms with Crippen LogP contribution >= 0.6 is 11.3 Å². The second-order valence-electron chi connectivity index (χ2n) is 14.1. The molecule has 1 aliphatic heterocycles. The Balaban J connectivity index is 1.06. The van der Waals surface area contributed by atoms with E-state index < -0.39 is 0 Å². The fourth-order valence-corrected chi connectivity index (χ4v) is 10.1. The maximum absolute atomic E-state index is 2.47. The molecule has 0 aliphatic carbocycles. The maximum atomic E-state index is 2.47. The van der Waals surface area contributed by atoms with Crippen molar-refractivity contribution >= 4 is 91.9 Å². The van der Waals surface area contributed by atoms with E-state index in [9.17, 15) is 0 Å². The minimum absolute atomic E-state index is 1.16. The standard InChI is InChI=1S/C50H30N2S/c1-2-13-33-28-47-43(27-32(33)12-1)38-16-6-9-19-45(38)52(47)35-23-26-40-39-25-22-34(29-48(39)53-49(40)30-35)51-44-18-8-5-15-37(44)41-24-21-31-11-3-4-14-36(31)50(41)42-17-7-10-20-46(42)51/h1-30H. The first kappa shape index (κ1) is 29.0. The normalized spacial score (nSPS) is 12.5. The number of rotatable bonds is 2. The van der Waals surface area contributed by atoms with E-state index in [4.69, 9.17) is 0 Å². The molecule has 0 N–H and O–H groups in total. The zero-order valence-corrected chi connectivity index (χ0v) is 29.4. The largest absolute Gasteiger partial charge is 0.309 e. The third-order valence-electron chi connectivity index (χ3n) is 11.3. The minimum Gasteiger partial charge on any atom is -0.309 e. The summed E-state index contributed by atoms with van der Waals surface area (Å²) >= 11 is 1.88. The lowest BCUT2D eigenvalue weighted by atomic mass is 9.90. The summed E-state index contributed by atoms with van der Waals surface area (Å²) in [6.07, 6.45) is 0. The van der Waals surface area contributed by atoms with Gasteiger partial charge in [-0.2, -0.15) is 0 Å². The van der Waals surface area contributed by atoms with Crippen LogP contribution in [0.2, 0.25) is 0 Å². The summed E-state index contributed by atoms with van der Waals surface area (Å²) in [4.78, 5) is 2.47. The van der Waals surface area contributed by atoms with Crippen molar-refractivity contribution in [2.45, 2.75) is 0 Å². The molecule has 246 valence electrons. The molecule has 2 aromatic heterocycles. The highest BCUT2D eigenvalue weighted by atomic mass is 32.1. The molecule has 0 bridgehead atoms. The number of para-hydroxylation sites is 3. The quantitative estimate of drug-likeness (QED) is 0.175. The van der Waals surface area contributed by atoms with Gasteiger partial charge in [-0.15, -0.1) is 11.3 Å². The van der Waals surface area contributed by atoms with Gasteiger partial charge in [-0.1, -0.05) is 127 Å². The Hall–Kier alpha value is -6.68. The summed E-state index contributed by atoms with van der Waals surface area (Å²) in [5.41, 5.74) is 12.2. The van der Waals surface area contributed by atoms with Gasteiger partial charge < -0.3 is 9.47 Å². The first-order chi connectivity index (χ1) is 26.3. The summed E-state index contributed by atoms with van der Waals surface area (Å²) < 4.78 is 5.01. The summed E-state index contributed by atoms with van der Waals surface area (Å²) in [5.74, 6) is 0. The van der Waals surface area contributed by atoms with E-state index in [0.717, 1.165) is 5.69 Å². The van der Waals surface area contributed by atoms with E-state index in [-0.39, 0.29) is 0 Å². The van der Waals surface area contributed by atoms with Crippen LogP contribution in [0, 0.1) is 0 Å². The second kappa shape index (κ2) is 10.9. The molecular formula is C50H30N2S. The molecule has 53 heavy (non-hydrogen) atoms. The zero-order valence-electron chi connectivity index (χ0n) is 28.6. The van der Waals surface area contributed by atoms with Crippen LogP contribution < -0.4 is 4.90 Å². The number of fused-ring (bicyclic) bond motifs is 14. The Kier molecular flexibility index (Phi) is 5.96. The summed E-state index contributed by atoms with van der Waals surface area (Å²) in [6.45, 7) is 0. The van der Waals surface area contributed by atoms with Crippen LogP contribution in [0.4, 0.5) is 17.1 Å². The molecule has 0 unspecified atom stereocenters. The van der Waals surface area contributed by atoms with Crippen molar-refractivity contribution in [3.05, 3.63) is 182 Å². The van der Waals surface area contributed by atoms with Gasteiger partial charge in [0.25, 0.3) is 0 Å². The van der Waals surface area contributed by atoms with Crippen LogP contribution in [-0.4, -0.2) is 4.57 Å². The van der Waals surface area contributed by atoms with E-state index in [1.54, 1.807) is 0 Å². The molecule has 9 aromatic carbocycles. The fourth-order valence-electron chi connectivity index (χ4n) is 8.94. The molecule has 0 radical (unpaired) electrons. The van der Waals surface area contributed by atoms with Crippen molar-refractivity contribution in [3.63, 3.8) is 0 Å². The van der Waals surface area contributed by atoms with Crippen LogP contribution in [0.1, 0.15) is 0 Å². The van der Waals surface area contributed by atoms with Gasteiger partial charge in [0.15, 0.2) is 0 Å². The van der Waals surface area contributed by atoms with Crippen molar-refractivity contribution in [2.24, 2.45) is 0 Å². The van der Waals surface area contributed by atoms with E-state index in [1.807, 2.05) is 11.3 Å². The van der Waals surface area contributed by atoms with E-state index in [1.165, 1.54) is 103 Å². The lowest BCUT2D eigenvalue weighted by Gasteiger charge is -2.27. The highest BCUT2D eigenvalue weighted by Crippen LogP contribution is 2.53. The molecule has 0 saturated carbocycles. The number of aromatic nitrogens is 1.